The van der Waals surface area contributed by atoms with Gasteiger partial charge in [-0.15, -0.1) is 0 Å². The average Bonchev–Trinajstić information content (AvgIpc) is 2.84. The zero-order valence-electron chi connectivity index (χ0n) is 12.9. The minimum absolute atomic E-state index is 0.514. The molecule has 0 bridgehead atoms. The third-order valence-corrected chi connectivity index (χ3v) is 3.31. The molecule has 110 valence electrons. The second-order valence-corrected chi connectivity index (χ2v) is 5.36. The Balaban J connectivity index is 2.52. The van der Waals surface area contributed by atoms with Gasteiger partial charge >= 0.3 is 0 Å². The van der Waals surface area contributed by atoms with Gasteiger partial charge in [-0.05, 0) is 44.2 Å². The normalized spacial score (nSPS) is 14.5. The van der Waals surface area contributed by atoms with Crippen LogP contribution in [0.5, 0.6) is 0 Å². The molecule has 0 amide bonds. The number of nitrogens with zero attached hydrogens (tertiary/aromatic N) is 2. The van der Waals surface area contributed by atoms with Crippen LogP contribution in [0, 0.1) is 5.92 Å². The van der Waals surface area contributed by atoms with E-state index in [1.807, 2.05) is 10.9 Å². The molecule has 0 fully saturated rings. The molecular weight excluding hydrogens is 238 g/mol. The summed E-state index contributed by atoms with van der Waals surface area (Å²) in [6, 6.07) is 0.514. The van der Waals surface area contributed by atoms with Crippen LogP contribution in [0.2, 0.25) is 0 Å². The van der Waals surface area contributed by atoms with E-state index in [9.17, 15) is 0 Å². The molecule has 4 heteroatoms. The Bertz CT molecular complexity index is 338. The van der Waals surface area contributed by atoms with Crippen molar-refractivity contribution >= 4 is 0 Å². The molecule has 4 nitrogen and oxygen atoms in total. The van der Waals surface area contributed by atoms with E-state index in [1.54, 1.807) is 7.11 Å². The highest BCUT2D eigenvalue weighted by molar-refractivity contribution is 5.06. The van der Waals surface area contributed by atoms with Crippen molar-refractivity contribution in [3.63, 3.8) is 0 Å². The summed E-state index contributed by atoms with van der Waals surface area (Å²) in [6.07, 6.45) is 7.51. The largest absolute Gasteiger partial charge is 0.384 e. The van der Waals surface area contributed by atoms with Gasteiger partial charge in [0.25, 0.3) is 0 Å². The summed E-state index contributed by atoms with van der Waals surface area (Å²) in [4.78, 5) is 0. The first-order valence-corrected chi connectivity index (χ1v) is 7.43. The van der Waals surface area contributed by atoms with Gasteiger partial charge in [-0.25, -0.2) is 0 Å². The summed E-state index contributed by atoms with van der Waals surface area (Å²) in [5.74, 6) is 0.584. The molecule has 19 heavy (non-hydrogen) atoms. The highest BCUT2D eigenvalue weighted by atomic mass is 16.5. The number of hydrogen-bond acceptors (Lipinski definition) is 3. The standard InChI is InChI=1S/C15H29N3O/c1-5-7-16-15(8-13(3)12-19-4)9-14-10-17-18(6-2)11-14/h10-11,13,15-16H,5-9,12H2,1-4H3. The van der Waals surface area contributed by atoms with Gasteiger partial charge in [0, 0.05) is 32.5 Å². The van der Waals surface area contributed by atoms with Crippen molar-refractivity contribution in [3.05, 3.63) is 18.0 Å². The third-order valence-electron chi connectivity index (χ3n) is 3.31. The van der Waals surface area contributed by atoms with Crippen LogP contribution < -0.4 is 5.32 Å². The van der Waals surface area contributed by atoms with Crippen LogP contribution in [-0.2, 0) is 17.7 Å². The quantitative estimate of drug-likeness (QED) is 0.708. The van der Waals surface area contributed by atoms with Crippen molar-refractivity contribution in [2.75, 3.05) is 20.3 Å². The fourth-order valence-electron chi connectivity index (χ4n) is 2.39. The minimum atomic E-state index is 0.514. The topological polar surface area (TPSA) is 39.1 Å². The highest BCUT2D eigenvalue weighted by Gasteiger charge is 2.14. The molecule has 0 aliphatic carbocycles. The zero-order chi connectivity index (χ0) is 14.1. The third kappa shape index (κ3) is 6.21. The first kappa shape index (κ1) is 16.2. The maximum Gasteiger partial charge on any atom is 0.0522 e. The van der Waals surface area contributed by atoms with Crippen LogP contribution in [0.1, 0.15) is 39.2 Å². The molecule has 1 heterocycles. The van der Waals surface area contributed by atoms with Crippen LogP contribution in [0.15, 0.2) is 12.4 Å². The molecule has 1 rings (SSSR count). The van der Waals surface area contributed by atoms with Gasteiger partial charge in [0.1, 0.15) is 0 Å². The summed E-state index contributed by atoms with van der Waals surface area (Å²) >= 11 is 0. The maximum atomic E-state index is 5.24. The number of ether oxygens (including phenoxy) is 1. The lowest BCUT2D eigenvalue weighted by atomic mass is 9.98. The lowest BCUT2D eigenvalue weighted by Gasteiger charge is -2.21. The smallest absolute Gasteiger partial charge is 0.0522 e. The molecule has 0 spiro atoms. The van der Waals surface area contributed by atoms with E-state index in [0.717, 1.165) is 32.5 Å². The first-order chi connectivity index (χ1) is 9.19. The van der Waals surface area contributed by atoms with Crippen LogP contribution in [-0.4, -0.2) is 36.1 Å². The second-order valence-electron chi connectivity index (χ2n) is 5.36. The van der Waals surface area contributed by atoms with E-state index in [1.165, 1.54) is 12.0 Å². The molecule has 0 aliphatic heterocycles. The highest BCUT2D eigenvalue weighted by Crippen LogP contribution is 2.12. The van der Waals surface area contributed by atoms with E-state index in [0.29, 0.717) is 12.0 Å². The minimum Gasteiger partial charge on any atom is -0.384 e. The fourth-order valence-corrected chi connectivity index (χ4v) is 2.39. The summed E-state index contributed by atoms with van der Waals surface area (Å²) < 4.78 is 7.23. The molecular formula is C15H29N3O. The predicted molar refractivity (Wildman–Crippen MR) is 79.3 cm³/mol. The first-order valence-electron chi connectivity index (χ1n) is 7.43. The van der Waals surface area contributed by atoms with E-state index < -0.39 is 0 Å². The van der Waals surface area contributed by atoms with Crippen LogP contribution in [0.25, 0.3) is 0 Å². The number of nitrogens with one attached hydrogen (secondary N) is 1. The number of aryl methyl sites for hydroxylation is 1. The Morgan fingerprint density at radius 1 is 1.42 bits per heavy atom. The van der Waals surface area contributed by atoms with Crippen molar-refractivity contribution in [1.82, 2.24) is 15.1 Å². The second kappa shape index (κ2) is 9.10. The Morgan fingerprint density at radius 2 is 2.21 bits per heavy atom. The van der Waals surface area contributed by atoms with E-state index >= 15 is 0 Å². The summed E-state index contributed by atoms with van der Waals surface area (Å²) in [5.41, 5.74) is 1.32. The maximum absolute atomic E-state index is 5.24. The fraction of sp³-hybridized carbons (Fsp3) is 0.800. The van der Waals surface area contributed by atoms with Gasteiger partial charge in [-0.2, -0.15) is 5.10 Å². The van der Waals surface area contributed by atoms with Crippen molar-refractivity contribution in [1.29, 1.82) is 0 Å². The summed E-state index contributed by atoms with van der Waals surface area (Å²) in [6.45, 7) is 9.42. The number of aromatic nitrogens is 2. The SMILES string of the molecule is CCCNC(Cc1cnn(CC)c1)CC(C)COC. The Labute approximate surface area is 117 Å². The lowest BCUT2D eigenvalue weighted by Crippen LogP contribution is -2.34. The predicted octanol–water partition coefficient (Wildman–Crippen LogP) is 2.49. The monoisotopic (exact) mass is 267 g/mol. The van der Waals surface area contributed by atoms with Crippen LogP contribution in [0.4, 0.5) is 0 Å². The summed E-state index contributed by atoms with van der Waals surface area (Å²) in [5, 5.41) is 7.99. The number of methoxy groups -OCH3 is 1. The Hall–Kier alpha value is -0.870. The van der Waals surface area contributed by atoms with Gasteiger partial charge in [0.15, 0.2) is 0 Å². The molecule has 0 radical (unpaired) electrons. The molecule has 1 aromatic rings. The van der Waals surface area contributed by atoms with Crippen molar-refractivity contribution in [2.24, 2.45) is 5.92 Å². The molecule has 0 aliphatic rings. The molecule has 1 aromatic heterocycles. The van der Waals surface area contributed by atoms with Crippen molar-refractivity contribution < 1.29 is 4.74 Å². The van der Waals surface area contributed by atoms with E-state index in [2.05, 4.69) is 37.4 Å². The van der Waals surface area contributed by atoms with Crippen molar-refractivity contribution in [3.8, 4) is 0 Å². The van der Waals surface area contributed by atoms with Crippen LogP contribution >= 0.6 is 0 Å². The molecule has 0 saturated heterocycles. The van der Waals surface area contributed by atoms with Gasteiger partial charge in [0.05, 0.1) is 6.20 Å². The Kier molecular flexibility index (Phi) is 7.75. The van der Waals surface area contributed by atoms with E-state index in [-0.39, 0.29) is 0 Å². The van der Waals surface area contributed by atoms with Crippen LogP contribution in [0.3, 0.4) is 0 Å². The molecule has 0 aromatic carbocycles. The number of rotatable bonds is 10. The van der Waals surface area contributed by atoms with Gasteiger partial charge < -0.3 is 10.1 Å². The molecule has 2 unspecified atom stereocenters. The average molecular weight is 267 g/mol. The zero-order valence-corrected chi connectivity index (χ0v) is 12.9. The van der Waals surface area contributed by atoms with Gasteiger partial charge in [-0.3, -0.25) is 4.68 Å². The van der Waals surface area contributed by atoms with Crippen molar-refractivity contribution in [2.45, 2.75) is 52.6 Å². The molecule has 0 saturated carbocycles. The van der Waals surface area contributed by atoms with E-state index in [4.69, 9.17) is 4.74 Å². The summed E-state index contributed by atoms with van der Waals surface area (Å²) in [7, 11) is 1.77. The molecule has 1 N–H and O–H groups in total. The number of hydrogen-bond donors (Lipinski definition) is 1. The molecule has 2 atom stereocenters. The lowest BCUT2D eigenvalue weighted by molar-refractivity contribution is 0.149. The van der Waals surface area contributed by atoms with Gasteiger partial charge in [-0.1, -0.05) is 13.8 Å². The van der Waals surface area contributed by atoms with Gasteiger partial charge in [0.2, 0.25) is 0 Å². The Morgan fingerprint density at radius 3 is 2.79 bits per heavy atom.